The van der Waals surface area contributed by atoms with Gasteiger partial charge in [0, 0.05) is 0 Å². The highest BCUT2D eigenvalue weighted by atomic mass is 19.4. The molecule has 1 N–H and O–H groups in total. The first-order chi connectivity index (χ1) is 17.1. The maximum atomic E-state index is 14.0. The molecule has 3 aromatic carbocycles. The number of alkyl halides is 9. The molecule has 0 unspecified atom stereocenters. The highest BCUT2D eigenvalue weighted by Crippen LogP contribution is 2.48. The van der Waals surface area contributed by atoms with Crippen LogP contribution in [-0.4, -0.2) is 11.1 Å². The summed E-state index contributed by atoms with van der Waals surface area (Å²) in [5.74, 6) is -2.79. The van der Waals surface area contributed by atoms with Gasteiger partial charge in [-0.3, -0.25) is 4.79 Å². The number of hydrogen-bond donors (Lipinski definition) is 1. The van der Waals surface area contributed by atoms with Crippen molar-refractivity contribution in [1.82, 2.24) is 0 Å². The summed E-state index contributed by atoms with van der Waals surface area (Å²) in [6.07, 6.45) is -15.1. The number of rotatable bonds is 6. The lowest BCUT2D eigenvalue weighted by molar-refractivity contribution is -0.143. The summed E-state index contributed by atoms with van der Waals surface area (Å²) in [5, 5.41) is 9.80. The van der Waals surface area contributed by atoms with Crippen molar-refractivity contribution in [3.63, 3.8) is 0 Å². The Balaban J connectivity index is 2.51. The molecule has 3 rings (SSSR count). The quantitative estimate of drug-likeness (QED) is 0.321. The van der Waals surface area contributed by atoms with Crippen LogP contribution in [0.5, 0.6) is 0 Å². The number of carboxylic acid groups (broad SMARTS) is 1. The molecule has 0 amide bonds. The predicted octanol–water partition coefficient (Wildman–Crippen LogP) is 9.05. The Morgan fingerprint density at radius 1 is 0.730 bits per heavy atom. The number of benzene rings is 3. The lowest BCUT2D eigenvalue weighted by Gasteiger charge is -2.24. The van der Waals surface area contributed by atoms with Crippen LogP contribution in [0, 0.1) is 0 Å². The molecule has 2 nitrogen and oxygen atoms in total. The third-order valence-corrected chi connectivity index (χ3v) is 5.79. The molecular formula is C26H19F9O2. The highest BCUT2D eigenvalue weighted by molar-refractivity contribution is 5.92. The van der Waals surface area contributed by atoms with Crippen molar-refractivity contribution >= 4 is 5.97 Å². The van der Waals surface area contributed by atoms with Gasteiger partial charge in [0.2, 0.25) is 0 Å². The second-order valence-corrected chi connectivity index (χ2v) is 8.25. The minimum atomic E-state index is -5.30. The fraction of sp³-hybridized carbons (Fsp3) is 0.269. The Bertz CT molecular complexity index is 1290. The zero-order chi connectivity index (χ0) is 27.8. The van der Waals surface area contributed by atoms with Crippen molar-refractivity contribution in [2.24, 2.45) is 0 Å². The first-order valence-corrected chi connectivity index (χ1v) is 10.9. The standard InChI is InChI=1S/C26H19F9O2/c1-2-6-18(23(36)37)17-9-5-8-16(22(17)19-7-3-4-10-20(19)25(30,31)32)15-12-11-14(24(27,28)29)13-21(15)26(33,34)35/h3-5,7-13,18H,2,6H2,1H3,(H,36,37)/t18-/m0/s1. The van der Waals surface area contributed by atoms with Gasteiger partial charge in [0.1, 0.15) is 0 Å². The number of hydrogen-bond acceptors (Lipinski definition) is 1. The second-order valence-electron chi connectivity index (χ2n) is 8.25. The second kappa shape index (κ2) is 10.1. The van der Waals surface area contributed by atoms with Crippen LogP contribution in [0.25, 0.3) is 22.3 Å². The molecule has 0 saturated carbocycles. The van der Waals surface area contributed by atoms with E-state index in [2.05, 4.69) is 0 Å². The number of carboxylic acids is 1. The van der Waals surface area contributed by atoms with Crippen LogP contribution >= 0.6 is 0 Å². The molecule has 0 heterocycles. The first-order valence-electron chi connectivity index (χ1n) is 10.9. The lowest BCUT2D eigenvalue weighted by atomic mass is 9.81. The minimum Gasteiger partial charge on any atom is -0.481 e. The summed E-state index contributed by atoms with van der Waals surface area (Å²) in [5.41, 5.74) is -7.04. The average molecular weight is 534 g/mol. The third-order valence-electron chi connectivity index (χ3n) is 5.79. The van der Waals surface area contributed by atoms with Gasteiger partial charge in [-0.25, -0.2) is 0 Å². The normalized spacial score (nSPS) is 13.5. The monoisotopic (exact) mass is 534 g/mol. The topological polar surface area (TPSA) is 37.3 Å². The van der Waals surface area contributed by atoms with E-state index in [0.29, 0.717) is 18.2 Å². The minimum absolute atomic E-state index is 0.0425. The van der Waals surface area contributed by atoms with Crippen molar-refractivity contribution in [3.8, 4) is 22.3 Å². The van der Waals surface area contributed by atoms with Crippen LogP contribution in [0.3, 0.4) is 0 Å². The molecule has 11 heteroatoms. The molecule has 1 atom stereocenters. The van der Waals surface area contributed by atoms with Gasteiger partial charge in [-0.05, 0) is 52.4 Å². The van der Waals surface area contributed by atoms with Gasteiger partial charge in [0.25, 0.3) is 0 Å². The SMILES string of the molecule is CCC[C@H](C(=O)O)c1cccc(-c2ccc(C(F)(F)F)cc2C(F)(F)F)c1-c1ccccc1C(F)(F)F. The zero-order valence-corrected chi connectivity index (χ0v) is 19.0. The molecule has 37 heavy (non-hydrogen) atoms. The van der Waals surface area contributed by atoms with E-state index in [1.807, 2.05) is 0 Å². The highest BCUT2D eigenvalue weighted by Gasteiger charge is 2.40. The lowest BCUT2D eigenvalue weighted by Crippen LogP contribution is -2.16. The fourth-order valence-electron chi connectivity index (χ4n) is 4.22. The summed E-state index contributed by atoms with van der Waals surface area (Å²) in [6, 6.07) is 8.21. The van der Waals surface area contributed by atoms with E-state index in [1.54, 1.807) is 6.92 Å². The molecular weight excluding hydrogens is 515 g/mol. The van der Waals surface area contributed by atoms with E-state index in [9.17, 15) is 49.4 Å². The predicted molar refractivity (Wildman–Crippen MR) is 118 cm³/mol. The summed E-state index contributed by atoms with van der Waals surface area (Å²) in [7, 11) is 0. The van der Waals surface area contributed by atoms with Gasteiger partial charge in [0.15, 0.2) is 0 Å². The number of carbonyl (C=O) groups is 1. The van der Waals surface area contributed by atoms with Gasteiger partial charge in [-0.2, -0.15) is 39.5 Å². The molecule has 0 aromatic heterocycles. The molecule has 0 fully saturated rings. The molecule has 0 saturated heterocycles. The van der Waals surface area contributed by atoms with E-state index < -0.39 is 69.4 Å². The van der Waals surface area contributed by atoms with Crippen LogP contribution < -0.4 is 0 Å². The summed E-state index contributed by atoms with van der Waals surface area (Å²) in [6.45, 7) is 1.63. The summed E-state index contributed by atoms with van der Waals surface area (Å²) < 4.78 is 123. The number of aliphatic carboxylic acids is 1. The molecule has 3 aromatic rings. The van der Waals surface area contributed by atoms with E-state index >= 15 is 0 Å². The Kier molecular flexibility index (Phi) is 7.67. The van der Waals surface area contributed by atoms with Gasteiger partial charge < -0.3 is 5.11 Å². The van der Waals surface area contributed by atoms with Crippen molar-refractivity contribution in [3.05, 3.63) is 82.9 Å². The Morgan fingerprint density at radius 2 is 1.32 bits per heavy atom. The van der Waals surface area contributed by atoms with Crippen LogP contribution in [0.15, 0.2) is 60.7 Å². The molecule has 198 valence electrons. The van der Waals surface area contributed by atoms with Crippen molar-refractivity contribution < 1.29 is 49.4 Å². The third kappa shape index (κ3) is 5.91. The van der Waals surface area contributed by atoms with E-state index in [0.717, 1.165) is 18.2 Å². The van der Waals surface area contributed by atoms with E-state index in [4.69, 9.17) is 0 Å². The van der Waals surface area contributed by atoms with E-state index in [1.165, 1.54) is 18.2 Å². The smallest absolute Gasteiger partial charge is 0.417 e. The van der Waals surface area contributed by atoms with Crippen LogP contribution in [0.1, 0.15) is 47.9 Å². The van der Waals surface area contributed by atoms with E-state index in [-0.39, 0.29) is 24.5 Å². The molecule has 0 aliphatic carbocycles. The maximum absolute atomic E-state index is 14.0. The van der Waals surface area contributed by atoms with Crippen LogP contribution in [0.4, 0.5) is 39.5 Å². The Morgan fingerprint density at radius 3 is 1.86 bits per heavy atom. The average Bonchev–Trinajstić information content (AvgIpc) is 2.80. The van der Waals surface area contributed by atoms with Gasteiger partial charge in [0.05, 0.1) is 22.6 Å². The molecule has 0 aliphatic rings. The molecule has 0 radical (unpaired) electrons. The zero-order valence-electron chi connectivity index (χ0n) is 19.0. The van der Waals surface area contributed by atoms with Gasteiger partial charge in [-0.1, -0.05) is 55.8 Å². The molecule has 0 spiro atoms. The van der Waals surface area contributed by atoms with Gasteiger partial charge >= 0.3 is 24.5 Å². The van der Waals surface area contributed by atoms with Crippen LogP contribution in [-0.2, 0) is 23.3 Å². The van der Waals surface area contributed by atoms with Gasteiger partial charge in [-0.15, -0.1) is 0 Å². The molecule has 0 aliphatic heterocycles. The largest absolute Gasteiger partial charge is 0.481 e. The van der Waals surface area contributed by atoms with Crippen molar-refractivity contribution in [1.29, 1.82) is 0 Å². The Labute approximate surface area is 205 Å². The Hall–Kier alpha value is -3.50. The van der Waals surface area contributed by atoms with Crippen LogP contribution in [0.2, 0.25) is 0 Å². The maximum Gasteiger partial charge on any atom is 0.417 e. The summed E-state index contributed by atoms with van der Waals surface area (Å²) >= 11 is 0. The summed E-state index contributed by atoms with van der Waals surface area (Å²) in [4.78, 5) is 12.1. The molecule has 0 bridgehead atoms. The van der Waals surface area contributed by atoms with Crippen molar-refractivity contribution in [2.75, 3.05) is 0 Å². The first kappa shape index (κ1) is 28.1. The number of halogens is 9. The fourth-order valence-corrected chi connectivity index (χ4v) is 4.22. The van der Waals surface area contributed by atoms with Crippen molar-refractivity contribution in [2.45, 2.75) is 44.2 Å².